The highest BCUT2D eigenvalue weighted by Crippen LogP contribution is 2.35. The lowest BCUT2D eigenvalue weighted by Gasteiger charge is -2.27. The van der Waals surface area contributed by atoms with E-state index in [0.717, 1.165) is 19.1 Å². The molecule has 6 N–H and O–H groups in total. The van der Waals surface area contributed by atoms with Crippen molar-refractivity contribution in [2.45, 2.75) is 18.6 Å². The van der Waals surface area contributed by atoms with E-state index in [-0.39, 0.29) is 5.56 Å². The zero-order valence-electron chi connectivity index (χ0n) is 10.6. The molecule has 0 bridgehead atoms. The zero-order chi connectivity index (χ0) is 15.5. The van der Waals surface area contributed by atoms with Gasteiger partial charge in [0.25, 0.3) is 0 Å². The fourth-order valence-corrected chi connectivity index (χ4v) is 1.31. The first-order valence-electron chi connectivity index (χ1n) is 5.62. The van der Waals surface area contributed by atoms with Gasteiger partial charge in [-0.15, -0.1) is 0 Å². The van der Waals surface area contributed by atoms with Crippen molar-refractivity contribution in [1.82, 2.24) is 0 Å². The van der Waals surface area contributed by atoms with Gasteiger partial charge in [-0.3, -0.25) is 0 Å². The van der Waals surface area contributed by atoms with Gasteiger partial charge < -0.3 is 35.4 Å². The van der Waals surface area contributed by atoms with Gasteiger partial charge in [-0.2, -0.15) is 0 Å². The fourth-order valence-electron chi connectivity index (χ4n) is 1.31. The van der Waals surface area contributed by atoms with Gasteiger partial charge in [0.15, 0.2) is 17.2 Å². The van der Waals surface area contributed by atoms with Gasteiger partial charge in [0.1, 0.15) is 18.3 Å². The minimum atomic E-state index is -1.86. The van der Waals surface area contributed by atoms with Crippen LogP contribution in [0.25, 0.3) is 0 Å². The second kappa shape index (κ2) is 5.95. The summed E-state index contributed by atoms with van der Waals surface area (Å²) in [4.78, 5) is 11.6. The molecule has 0 unspecified atom stereocenters. The van der Waals surface area contributed by atoms with Gasteiger partial charge in [0, 0.05) is 0 Å². The predicted molar refractivity (Wildman–Crippen MR) is 65.4 cm³/mol. The number of phenols is 3. The summed E-state index contributed by atoms with van der Waals surface area (Å²) in [5.74, 6) is -3.19. The third kappa shape index (κ3) is 3.50. The molecule has 8 nitrogen and oxygen atoms in total. The van der Waals surface area contributed by atoms with E-state index >= 15 is 0 Å². The maximum atomic E-state index is 11.6. The lowest BCUT2D eigenvalue weighted by Crippen LogP contribution is -2.46. The van der Waals surface area contributed by atoms with E-state index in [1.54, 1.807) is 0 Å². The normalized spacial score (nSPS) is 15.4. The van der Waals surface area contributed by atoms with Crippen LogP contribution in [0.5, 0.6) is 17.2 Å². The van der Waals surface area contributed by atoms with Crippen LogP contribution in [0.3, 0.4) is 0 Å². The quantitative estimate of drug-likeness (QED) is 0.300. The van der Waals surface area contributed by atoms with Gasteiger partial charge >= 0.3 is 5.97 Å². The molecule has 20 heavy (non-hydrogen) atoms. The Morgan fingerprint density at radius 2 is 1.80 bits per heavy atom. The van der Waals surface area contributed by atoms with E-state index in [4.69, 9.17) is 14.9 Å². The van der Waals surface area contributed by atoms with Gasteiger partial charge in [0.05, 0.1) is 12.2 Å². The largest absolute Gasteiger partial charge is 0.504 e. The molecule has 0 amide bonds. The molecule has 1 aromatic rings. The third-order valence-electron chi connectivity index (χ3n) is 2.69. The van der Waals surface area contributed by atoms with Crippen molar-refractivity contribution >= 4 is 5.97 Å². The van der Waals surface area contributed by atoms with Crippen LogP contribution in [-0.2, 0) is 4.74 Å². The summed E-state index contributed by atoms with van der Waals surface area (Å²) in [6.07, 6.45) is -1.50. The first kappa shape index (κ1) is 16.0. The molecule has 0 spiro atoms. The number of aromatic hydroxyl groups is 3. The molecule has 1 aromatic carbocycles. The second-order valence-electron chi connectivity index (χ2n) is 4.49. The number of aliphatic hydroxyl groups excluding tert-OH is 2. The molecule has 0 radical (unpaired) electrons. The Kier molecular flexibility index (Phi) is 4.77. The summed E-state index contributed by atoms with van der Waals surface area (Å²) < 4.78 is 4.70. The Morgan fingerprint density at radius 3 is 2.25 bits per heavy atom. The van der Waals surface area contributed by atoms with Crippen LogP contribution in [0.15, 0.2) is 12.1 Å². The van der Waals surface area contributed by atoms with Crippen molar-refractivity contribution in [3.05, 3.63) is 17.7 Å². The second-order valence-corrected chi connectivity index (χ2v) is 4.49. The lowest BCUT2D eigenvalue weighted by atomic mass is 10.0. The van der Waals surface area contributed by atoms with Crippen molar-refractivity contribution in [2.75, 3.05) is 13.2 Å². The molecule has 0 saturated carbocycles. The molecule has 0 aromatic heterocycles. The number of benzene rings is 1. The molecule has 0 aliphatic heterocycles. The number of carbonyl (C=O) groups excluding carboxylic acids is 1. The Balaban J connectivity index is 2.78. The number of aliphatic hydroxyl groups is 3. The Morgan fingerprint density at radius 1 is 1.30 bits per heavy atom. The summed E-state index contributed by atoms with van der Waals surface area (Å²) in [5, 5.41) is 55.3. The standard InChI is InChI=1S/C12H16O8/c1-12(19,9(16)4-13)5-20-11(18)6-2-7(14)10(17)8(15)3-6/h2-3,9,13-17,19H,4-5H2,1H3/t9-,12+/m0/s1. The van der Waals surface area contributed by atoms with Crippen LogP contribution in [0.2, 0.25) is 0 Å². The van der Waals surface area contributed by atoms with Crippen molar-refractivity contribution in [3.8, 4) is 17.2 Å². The third-order valence-corrected chi connectivity index (χ3v) is 2.69. The Hall–Kier alpha value is -2.03. The van der Waals surface area contributed by atoms with Gasteiger partial charge in [0.2, 0.25) is 0 Å². The number of rotatable bonds is 5. The van der Waals surface area contributed by atoms with Gasteiger partial charge in [-0.1, -0.05) is 0 Å². The number of hydrogen-bond donors (Lipinski definition) is 6. The number of ether oxygens (including phenoxy) is 1. The molecular weight excluding hydrogens is 272 g/mol. The molecule has 0 saturated heterocycles. The van der Waals surface area contributed by atoms with Crippen molar-refractivity contribution in [2.24, 2.45) is 0 Å². The van der Waals surface area contributed by atoms with Crippen LogP contribution in [0.4, 0.5) is 0 Å². The maximum absolute atomic E-state index is 11.6. The first-order chi connectivity index (χ1) is 9.19. The van der Waals surface area contributed by atoms with E-state index < -0.39 is 48.1 Å². The fraction of sp³-hybridized carbons (Fsp3) is 0.417. The topological polar surface area (TPSA) is 148 Å². The van der Waals surface area contributed by atoms with E-state index in [2.05, 4.69) is 0 Å². The molecule has 0 aliphatic rings. The van der Waals surface area contributed by atoms with E-state index in [9.17, 15) is 25.2 Å². The van der Waals surface area contributed by atoms with E-state index in [1.807, 2.05) is 0 Å². The minimum Gasteiger partial charge on any atom is -0.504 e. The number of hydrogen-bond acceptors (Lipinski definition) is 8. The summed E-state index contributed by atoms with van der Waals surface area (Å²) in [5.41, 5.74) is -2.11. The molecule has 8 heteroatoms. The van der Waals surface area contributed by atoms with E-state index in [0.29, 0.717) is 0 Å². The van der Waals surface area contributed by atoms with Crippen LogP contribution in [0.1, 0.15) is 17.3 Å². The maximum Gasteiger partial charge on any atom is 0.338 e. The molecule has 2 atom stereocenters. The predicted octanol–water partition coefficient (Wildman–Crippen LogP) is -0.936. The average Bonchev–Trinajstić information content (AvgIpc) is 2.40. The number of phenolic OH excluding ortho intramolecular Hbond substituents is 3. The van der Waals surface area contributed by atoms with Crippen LogP contribution >= 0.6 is 0 Å². The molecule has 0 aliphatic carbocycles. The lowest BCUT2D eigenvalue weighted by molar-refractivity contribution is -0.111. The van der Waals surface area contributed by atoms with E-state index in [1.165, 1.54) is 0 Å². The van der Waals surface area contributed by atoms with Crippen LogP contribution in [0, 0.1) is 0 Å². The number of carbonyl (C=O) groups is 1. The highest BCUT2D eigenvalue weighted by molar-refractivity contribution is 5.91. The SMILES string of the molecule is C[C@@](O)(COC(=O)c1cc(O)c(O)c(O)c1)[C@@H](O)CO. The molecule has 112 valence electrons. The first-order valence-corrected chi connectivity index (χ1v) is 5.62. The molecule has 1 rings (SSSR count). The number of esters is 1. The monoisotopic (exact) mass is 288 g/mol. The van der Waals surface area contributed by atoms with Gasteiger partial charge in [-0.25, -0.2) is 4.79 Å². The summed E-state index contributed by atoms with van der Waals surface area (Å²) >= 11 is 0. The molecule has 0 fully saturated rings. The van der Waals surface area contributed by atoms with Crippen molar-refractivity contribution in [1.29, 1.82) is 0 Å². The smallest absolute Gasteiger partial charge is 0.338 e. The Bertz CT molecular complexity index is 473. The molecular formula is C12H16O8. The summed E-state index contributed by atoms with van der Waals surface area (Å²) in [6, 6.07) is 1.74. The minimum absolute atomic E-state index is 0.257. The van der Waals surface area contributed by atoms with Gasteiger partial charge in [-0.05, 0) is 19.1 Å². The summed E-state index contributed by atoms with van der Waals surface area (Å²) in [6.45, 7) is -0.172. The zero-order valence-corrected chi connectivity index (χ0v) is 10.6. The van der Waals surface area contributed by atoms with Crippen LogP contribution < -0.4 is 0 Å². The highest BCUT2D eigenvalue weighted by Gasteiger charge is 2.31. The Labute approximate surface area is 114 Å². The average molecular weight is 288 g/mol. The van der Waals surface area contributed by atoms with Crippen LogP contribution in [-0.4, -0.2) is 61.5 Å². The highest BCUT2D eigenvalue weighted by atomic mass is 16.5. The van der Waals surface area contributed by atoms with Crippen molar-refractivity contribution < 1.29 is 40.2 Å². The van der Waals surface area contributed by atoms with Crippen molar-refractivity contribution in [3.63, 3.8) is 0 Å². The summed E-state index contributed by atoms with van der Waals surface area (Å²) in [7, 11) is 0. The molecule has 0 heterocycles.